The maximum absolute atomic E-state index is 13.7. The first-order chi connectivity index (χ1) is 16.3. The SMILES string of the molecule is CCS(=O)(=O)c1cccc(C(=O)N(CCCN2CCOCC2)c2nc3cc(C)cc(C)c3s2)c1. The van der Waals surface area contributed by atoms with Crippen molar-refractivity contribution in [1.82, 2.24) is 9.88 Å². The molecule has 1 aliphatic heterocycles. The molecule has 182 valence electrons. The summed E-state index contributed by atoms with van der Waals surface area (Å²) in [6.45, 7) is 10.3. The zero-order valence-electron chi connectivity index (χ0n) is 19.9. The smallest absolute Gasteiger partial charge is 0.260 e. The van der Waals surface area contributed by atoms with E-state index in [1.54, 1.807) is 30.0 Å². The molecule has 1 saturated heterocycles. The van der Waals surface area contributed by atoms with Gasteiger partial charge in [-0.1, -0.05) is 30.4 Å². The molecule has 0 spiro atoms. The molecule has 0 bridgehead atoms. The van der Waals surface area contributed by atoms with Crippen molar-refractivity contribution in [3.63, 3.8) is 0 Å². The van der Waals surface area contributed by atoms with Gasteiger partial charge < -0.3 is 4.74 Å². The van der Waals surface area contributed by atoms with Crippen LogP contribution < -0.4 is 4.90 Å². The van der Waals surface area contributed by atoms with E-state index in [0.29, 0.717) is 17.2 Å². The van der Waals surface area contributed by atoms with Gasteiger partial charge in [0.2, 0.25) is 0 Å². The maximum atomic E-state index is 13.7. The average molecular weight is 502 g/mol. The van der Waals surface area contributed by atoms with E-state index in [4.69, 9.17) is 9.72 Å². The van der Waals surface area contributed by atoms with Gasteiger partial charge in [0.25, 0.3) is 5.91 Å². The predicted molar refractivity (Wildman–Crippen MR) is 137 cm³/mol. The Morgan fingerprint density at radius 3 is 2.68 bits per heavy atom. The molecule has 0 atom stereocenters. The van der Waals surface area contributed by atoms with Gasteiger partial charge in [0.15, 0.2) is 15.0 Å². The molecule has 1 aromatic heterocycles. The fourth-order valence-electron chi connectivity index (χ4n) is 4.19. The highest BCUT2D eigenvalue weighted by molar-refractivity contribution is 7.91. The number of aromatic nitrogens is 1. The van der Waals surface area contributed by atoms with Gasteiger partial charge in [0.05, 0.1) is 34.1 Å². The van der Waals surface area contributed by atoms with Crippen LogP contribution in [-0.4, -0.2) is 69.4 Å². The summed E-state index contributed by atoms with van der Waals surface area (Å²) in [5.41, 5.74) is 3.50. The van der Waals surface area contributed by atoms with Crippen LogP contribution in [0.4, 0.5) is 5.13 Å². The molecule has 7 nitrogen and oxygen atoms in total. The number of hydrogen-bond acceptors (Lipinski definition) is 7. The van der Waals surface area contributed by atoms with E-state index in [1.807, 2.05) is 13.0 Å². The second-order valence-electron chi connectivity index (χ2n) is 8.62. The number of thiazole rings is 1. The Morgan fingerprint density at radius 2 is 1.94 bits per heavy atom. The lowest BCUT2D eigenvalue weighted by molar-refractivity contribution is 0.0376. The van der Waals surface area contributed by atoms with Crippen LogP contribution in [0.25, 0.3) is 10.2 Å². The monoisotopic (exact) mass is 501 g/mol. The maximum Gasteiger partial charge on any atom is 0.260 e. The number of benzene rings is 2. The van der Waals surface area contributed by atoms with Crippen molar-refractivity contribution in [1.29, 1.82) is 0 Å². The molecule has 1 aliphatic rings. The van der Waals surface area contributed by atoms with Gasteiger partial charge in [-0.15, -0.1) is 0 Å². The molecule has 0 saturated carbocycles. The van der Waals surface area contributed by atoms with Crippen LogP contribution in [0.3, 0.4) is 0 Å². The lowest BCUT2D eigenvalue weighted by atomic mass is 10.1. The summed E-state index contributed by atoms with van der Waals surface area (Å²) >= 11 is 1.51. The molecular weight excluding hydrogens is 470 g/mol. The van der Waals surface area contributed by atoms with Crippen LogP contribution in [0.2, 0.25) is 0 Å². The van der Waals surface area contributed by atoms with Gasteiger partial charge in [-0.05, 0) is 55.7 Å². The molecule has 2 heterocycles. The molecule has 3 aromatic rings. The number of ether oxygens (including phenoxy) is 1. The number of rotatable bonds is 8. The first-order valence-electron chi connectivity index (χ1n) is 11.6. The van der Waals surface area contributed by atoms with Crippen molar-refractivity contribution < 1.29 is 17.9 Å². The molecule has 4 rings (SSSR count). The summed E-state index contributed by atoms with van der Waals surface area (Å²) in [5, 5.41) is 0.638. The first-order valence-corrected chi connectivity index (χ1v) is 14.1. The van der Waals surface area contributed by atoms with Crippen molar-refractivity contribution in [2.24, 2.45) is 0 Å². The standard InChI is InChI=1S/C25H31N3O4S2/c1-4-34(30,31)21-8-5-7-20(17-21)24(29)28(10-6-9-27-11-13-32-14-12-27)25-26-22-16-18(2)15-19(3)23(22)33-25/h5,7-8,15-17H,4,6,9-14H2,1-3H3. The van der Waals surface area contributed by atoms with Gasteiger partial charge in [0.1, 0.15) is 0 Å². The van der Waals surface area contributed by atoms with E-state index in [9.17, 15) is 13.2 Å². The average Bonchev–Trinajstić information content (AvgIpc) is 3.26. The van der Waals surface area contributed by atoms with Crippen molar-refractivity contribution in [2.75, 3.05) is 50.0 Å². The number of carbonyl (C=O) groups is 1. The van der Waals surface area contributed by atoms with E-state index in [1.165, 1.54) is 17.4 Å². The summed E-state index contributed by atoms with van der Waals surface area (Å²) in [6, 6.07) is 10.5. The number of carbonyl (C=O) groups excluding carboxylic acids is 1. The summed E-state index contributed by atoms with van der Waals surface area (Å²) in [7, 11) is -3.41. The van der Waals surface area contributed by atoms with Crippen LogP contribution in [0, 0.1) is 13.8 Å². The molecule has 0 unspecified atom stereocenters. The Hall–Kier alpha value is -2.33. The lowest BCUT2D eigenvalue weighted by Gasteiger charge is -2.27. The number of nitrogens with zero attached hydrogens (tertiary/aromatic N) is 3. The van der Waals surface area contributed by atoms with Crippen LogP contribution >= 0.6 is 11.3 Å². The molecule has 2 aromatic carbocycles. The molecule has 34 heavy (non-hydrogen) atoms. The predicted octanol–water partition coefficient (Wildman–Crippen LogP) is 4.08. The number of fused-ring (bicyclic) bond motifs is 1. The van der Waals surface area contributed by atoms with Crippen molar-refractivity contribution in [3.8, 4) is 0 Å². The van der Waals surface area contributed by atoms with Gasteiger partial charge in [0, 0.05) is 31.7 Å². The summed E-state index contributed by atoms with van der Waals surface area (Å²) in [5.74, 6) is -0.242. The van der Waals surface area contributed by atoms with E-state index in [2.05, 4.69) is 17.9 Å². The highest BCUT2D eigenvalue weighted by atomic mass is 32.2. The van der Waals surface area contributed by atoms with Crippen LogP contribution in [0.15, 0.2) is 41.3 Å². The third-order valence-electron chi connectivity index (χ3n) is 6.06. The van der Waals surface area contributed by atoms with Gasteiger partial charge in [-0.2, -0.15) is 0 Å². The molecule has 1 fully saturated rings. The zero-order chi connectivity index (χ0) is 24.3. The number of aryl methyl sites for hydroxylation is 2. The zero-order valence-corrected chi connectivity index (χ0v) is 21.5. The second kappa shape index (κ2) is 10.5. The van der Waals surface area contributed by atoms with Crippen molar-refractivity contribution in [2.45, 2.75) is 32.1 Å². The van der Waals surface area contributed by atoms with Crippen molar-refractivity contribution >= 4 is 42.4 Å². The van der Waals surface area contributed by atoms with E-state index >= 15 is 0 Å². The quantitative estimate of drug-likeness (QED) is 0.463. The number of sulfone groups is 1. The van der Waals surface area contributed by atoms with Crippen molar-refractivity contribution in [3.05, 3.63) is 53.1 Å². The topological polar surface area (TPSA) is 79.8 Å². The Balaban J connectivity index is 1.65. The first kappa shape index (κ1) is 24.8. The van der Waals surface area contributed by atoms with Crippen LogP contribution in [-0.2, 0) is 14.6 Å². The minimum absolute atomic E-state index is 0.00952. The van der Waals surface area contributed by atoms with Gasteiger partial charge >= 0.3 is 0 Å². The number of anilines is 1. The summed E-state index contributed by atoms with van der Waals surface area (Å²) < 4.78 is 31.3. The highest BCUT2D eigenvalue weighted by Crippen LogP contribution is 2.33. The van der Waals surface area contributed by atoms with Crippen LogP contribution in [0.5, 0.6) is 0 Å². The number of morpholine rings is 1. The molecular formula is C25H31N3O4S2. The number of amides is 1. The summed E-state index contributed by atoms with van der Waals surface area (Å²) in [4.78, 5) is 22.7. The van der Waals surface area contributed by atoms with E-state index < -0.39 is 9.84 Å². The van der Waals surface area contributed by atoms with Crippen LogP contribution in [0.1, 0.15) is 34.8 Å². The largest absolute Gasteiger partial charge is 0.379 e. The molecule has 9 heteroatoms. The normalized spacial score (nSPS) is 15.0. The number of hydrogen-bond donors (Lipinski definition) is 0. The fraction of sp³-hybridized carbons (Fsp3) is 0.440. The Kier molecular flexibility index (Phi) is 7.67. The molecule has 0 aliphatic carbocycles. The van der Waals surface area contributed by atoms with Gasteiger partial charge in [-0.25, -0.2) is 13.4 Å². The molecule has 1 amide bonds. The minimum atomic E-state index is -3.41. The van der Waals surface area contributed by atoms with E-state index in [0.717, 1.165) is 60.6 Å². The second-order valence-corrected chi connectivity index (χ2v) is 11.9. The molecule has 0 N–H and O–H groups in total. The Bertz CT molecular complexity index is 1280. The third-order valence-corrected chi connectivity index (χ3v) is 9.03. The van der Waals surface area contributed by atoms with E-state index in [-0.39, 0.29) is 16.6 Å². The Labute approximate surface area is 205 Å². The summed E-state index contributed by atoms with van der Waals surface area (Å²) in [6.07, 6.45) is 0.784. The Morgan fingerprint density at radius 1 is 1.18 bits per heavy atom. The highest BCUT2D eigenvalue weighted by Gasteiger charge is 2.24. The third kappa shape index (κ3) is 5.49. The lowest BCUT2D eigenvalue weighted by Crippen LogP contribution is -2.39. The fourth-order valence-corrected chi connectivity index (χ4v) is 6.15. The molecule has 0 radical (unpaired) electrons. The minimum Gasteiger partial charge on any atom is -0.379 e. The van der Waals surface area contributed by atoms with Gasteiger partial charge in [-0.3, -0.25) is 14.6 Å².